The summed E-state index contributed by atoms with van der Waals surface area (Å²) in [5.41, 5.74) is 0. The zero-order valence-corrected chi connectivity index (χ0v) is 42.8. The number of hydrogen-bond donors (Lipinski definition) is 4. The van der Waals surface area contributed by atoms with Gasteiger partial charge in [-0.1, -0.05) is 28.5 Å². The van der Waals surface area contributed by atoms with Crippen LogP contribution >= 0.6 is 21.6 Å². The molecule has 0 aromatic carbocycles. The van der Waals surface area contributed by atoms with E-state index in [0.717, 1.165) is 0 Å². The minimum atomic E-state index is -0.828. The minimum absolute atomic E-state index is 0.000750. The van der Waals surface area contributed by atoms with E-state index in [0.29, 0.717) is 197 Å². The second-order valence-electron chi connectivity index (χ2n) is 14.6. The van der Waals surface area contributed by atoms with Crippen molar-refractivity contribution in [3.05, 3.63) is 0 Å². The van der Waals surface area contributed by atoms with Crippen LogP contribution in [0.2, 0.25) is 0 Å². The lowest BCUT2D eigenvalue weighted by Gasteiger charge is -2.19. The molecule has 0 bridgehead atoms. The molecule has 2 atom stereocenters. The Labute approximate surface area is 420 Å². The first-order valence-corrected chi connectivity index (χ1v) is 26.3. The highest BCUT2D eigenvalue weighted by Crippen LogP contribution is 2.29. The van der Waals surface area contributed by atoms with Crippen LogP contribution in [0.3, 0.4) is 0 Å². The molecule has 0 saturated heterocycles. The topological polar surface area (TPSA) is 262 Å². The average molecular weight is 1040 g/mol. The van der Waals surface area contributed by atoms with E-state index in [1.807, 2.05) is 6.92 Å². The largest absolute Gasteiger partial charge is 0.481 e. The third-order valence-electron chi connectivity index (χ3n) is 8.82. The summed E-state index contributed by atoms with van der Waals surface area (Å²) in [4.78, 5) is 59.7. The minimum Gasteiger partial charge on any atom is -0.481 e. The molecule has 0 aromatic rings. The van der Waals surface area contributed by atoms with Gasteiger partial charge in [-0.15, -0.1) is 0 Å². The molecule has 0 aliphatic carbocycles. The van der Waals surface area contributed by atoms with Gasteiger partial charge in [0.1, 0.15) is 13.7 Å². The zero-order chi connectivity index (χ0) is 51.9. The quantitative estimate of drug-likeness (QED) is 0.0384. The summed E-state index contributed by atoms with van der Waals surface area (Å²) in [5.74, 6) is -1.02. The molecule has 0 rings (SSSR count). The van der Waals surface area contributed by atoms with Crippen LogP contribution in [0.4, 0.5) is 0 Å². The number of ether oxygens (including phenoxy) is 13. The second kappa shape index (κ2) is 55.1. The van der Waals surface area contributed by atoms with Crippen molar-refractivity contribution in [1.29, 1.82) is 1.43 Å². The number of rotatable bonds is 57. The second-order valence-corrected chi connectivity index (χ2v) is 17.6. The maximum atomic E-state index is 12.8. The molecule has 4 N–H and O–H groups in total. The first-order chi connectivity index (χ1) is 34.7. The van der Waals surface area contributed by atoms with E-state index in [9.17, 15) is 24.0 Å². The van der Waals surface area contributed by atoms with Gasteiger partial charge in [-0.25, -0.2) is 0 Å². The van der Waals surface area contributed by atoms with E-state index >= 15 is 0 Å². The lowest BCUT2D eigenvalue weighted by atomic mass is 10.1. The maximum absolute atomic E-state index is 12.8. The summed E-state index contributed by atoms with van der Waals surface area (Å²) < 4.78 is 84.1. The lowest BCUT2D eigenvalue weighted by Crippen LogP contribution is -2.47. The highest BCUT2D eigenvalue weighted by Gasteiger charge is 2.20. The molecule has 0 heterocycles. The van der Waals surface area contributed by atoms with Gasteiger partial charge in [-0.05, 0) is 25.7 Å². The monoisotopic (exact) mass is 1040 g/mol. The van der Waals surface area contributed by atoms with Crippen LogP contribution in [0.15, 0.2) is 0 Å². The number of aliphatic carboxylic acids is 1. The van der Waals surface area contributed by atoms with Crippen molar-refractivity contribution in [3.8, 4) is 0 Å². The van der Waals surface area contributed by atoms with Gasteiger partial charge in [0.25, 0.3) is 1.43 Å². The normalized spacial score (nSPS) is 12.6. The van der Waals surface area contributed by atoms with E-state index in [2.05, 4.69) is 21.1 Å². The fourth-order valence-corrected chi connectivity index (χ4v) is 7.50. The Kier molecular flexibility index (Phi) is 50.1. The Balaban J connectivity index is 3.60. The number of amides is 3. The molecule has 0 aliphatic rings. The molecule has 22 nitrogen and oxygen atoms in total. The van der Waals surface area contributed by atoms with Gasteiger partial charge >= 0.3 is 5.97 Å². The summed E-state index contributed by atoms with van der Waals surface area (Å²) >= 11 is 0. The number of carbonyl (C=O) groups excluding carboxylic acids is 4. The fourth-order valence-electron chi connectivity index (χ4n) is 5.18. The third kappa shape index (κ3) is 53.4. The van der Waals surface area contributed by atoms with Crippen LogP contribution in [0.1, 0.15) is 59.7 Å². The number of carbonyl (C=O) groups is 5. The first-order valence-electron chi connectivity index (χ1n) is 24.8. The van der Waals surface area contributed by atoms with Crippen molar-refractivity contribution < 1.29 is 92.0 Å². The summed E-state index contributed by atoms with van der Waals surface area (Å²) in [6.07, 6.45) is 1.54. The standard InChI is InChI=1S/C45H85N3O19S2/c1-40(69-68-39-10-44(52)53)7-8-43(51)48-41(45(54)47-12-5-13-49)6-3-4-11-46-42(50)9-14-56-17-18-58-21-22-60-25-26-62-29-30-64-33-34-66-37-38-67-36-35-65-32-31-63-28-27-61-24-23-59-20-19-57-16-15-55-2/h13,40-41H,3-12,14-39H2,1-2H3,(H,46,50)(H,47,54)(H,48,51)(H,52,53)/t40?,41-/m0/s1/i13T/hD. The molecular formula is C45H85N3O19S2. The Morgan fingerprint density at radius 3 is 1.38 bits per heavy atom. The molecule has 24 heteroatoms. The number of carboxylic acids is 1. The van der Waals surface area contributed by atoms with Crippen molar-refractivity contribution in [2.45, 2.75) is 69.6 Å². The molecule has 0 radical (unpaired) electrons. The van der Waals surface area contributed by atoms with Crippen LogP contribution in [0.5, 0.6) is 0 Å². The molecule has 0 saturated carbocycles. The third-order valence-corrected chi connectivity index (χ3v) is 11.8. The van der Waals surface area contributed by atoms with E-state index in [1.54, 1.807) is 7.11 Å². The van der Waals surface area contributed by atoms with Crippen LogP contribution < -0.4 is 16.0 Å². The Bertz CT molecular complexity index is 1260. The van der Waals surface area contributed by atoms with Crippen molar-refractivity contribution >= 4 is 51.5 Å². The molecular weight excluding hydrogens is 951 g/mol. The summed E-state index contributed by atoms with van der Waals surface area (Å²) in [6.45, 7) is 13.9. The van der Waals surface area contributed by atoms with Gasteiger partial charge in [-0.2, -0.15) is 0 Å². The smallest absolute Gasteiger partial charge is 0.304 e. The van der Waals surface area contributed by atoms with Gasteiger partial charge in [0.05, 0.1) is 172 Å². The molecule has 0 aliphatic heterocycles. The van der Waals surface area contributed by atoms with Crippen molar-refractivity contribution in [1.82, 2.24) is 16.0 Å². The molecule has 69 heavy (non-hydrogen) atoms. The number of carboxylic acid groups (broad SMARTS) is 1. The Hall–Kier alpha value is -2.27. The van der Waals surface area contributed by atoms with Gasteiger partial charge in [0.2, 0.25) is 17.7 Å². The Morgan fingerprint density at radius 1 is 0.551 bits per heavy atom. The number of methoxy groups -OCH3 is 1. The zero-order valence-electron chi connectivity index (χ0n) is 43.2. The molecule has 1 unspecified atom stereocenters. The number of hydrogen-bond acceptors (Lipinski definition) is 21. The van der Waals surface area contributed by atoms with Crippen molar-refractivity contribution in [2.24, 2.45) is 0 Å². The highest BCUT2D eigenvalue weighted by atomic mass is 33.1. The predicted octanol–water partition coefficient (Wildman–Crippen LogP) is 1.72. The number of unbranched alkanes of at least 4 members (excludes halogenated alkanes) is 1. The van der Waals surface area contributed by atoms with E-state index in [-0.39, 0.29) is 55.9 Å². The Morgan fingerprint density at radius 2 is 0.971 bits per heavy atom. The SMILES string of the molecule is [2H]OC(=O)CCSSC(C)CCC(=O)N[C@@H](CCCCNC(=O)CCOCCOCCOCCOCCOCCOCCOCCOCCOCCOCCOCCOCCOC)C(=O)NCCC([3H])=O. The molecule has 3 amide bonds. The van der Waals surface area contributed by atoms with Gasteiger partial charge in [0, 0.05) is 50.5 Å². The predicted molar refractivity (Wildman–Crippen MR) is 260 cm³/mol. The molecule has 0 fully saturated rings. The van der Waals surface area contributed by atoms with Crippen LogP contribution in [-0.4, -0.2) is 237 Å². The fraction of sp³-hybridized carbons (Fsp3) is 0.889. The van der Waals surface area contributed by atoms with Crippen LogP contribution in [-0.2, 0) is 85.6 Å². The van der Waals surface area contributed by atoms with Gasteiger partial charge in [0.15, 0.2) is 0 Å². The van der Waals surface area contributed by atoms with Gasteiger partial charge in [-0.3, -0.25) is 19.2 Å². The molecule has 0 aromatic heterocycles. The first kappa shape index (κ1) is 62.8. The lowest BCUT2D eigenvalue weighted by molar-refractivity contribution is -0.136. The van der Waals surface area contributed by atoms with Crippen molar-refractivity contribution in [3.63, 3.8) is 0 Å². The summed E-state index contributed by atoms with van der Waals surface area (Å²) in [5, 5.41) is 12.2. The van der Waals surface area contributed by atoms with Gasteiger partial charge < -0.3 is 87.4 Å². The molecule has 406 valence electrons. The van der Waals surface area contributed by atoms with Crippen LogP contribution in [0.25, 0.3) is 1.43 Å². The maximum Gasteiger partial charge on any atom is 0.304 e. The van der Waals surface area contributed by atoms with Crippen molar-refractivity contribution in [2.75, 3.05) is 191 Å². The van der Waals surface area contributed by atoms with E-state index in [4.69, 9.17) is 64.4 Å². The van der Waals surface area contributed by atoms with E-state index in [1.165, 1.54) is 21.6 Å². The van der Waals surface area contributed by atoms with E-state index < -0.39 is 24.2 Å². The number of aldehydes is 1. The number of nitrogens with one attached hydrogen (secondary N) is 3. The average Bonchev–Trinajstić information content (AvgIpc) is 3.35. The summed E-state index contributed by atoms with van der Waals surface area (Å²) in [6, 6.07) is -0.828. The summed E-state index contributed by atoms with van der Waals surface area (Å²) in [7, 11) is 4.61. The van der Waals surface area contributed by atoms with Crippen LogP contribution in [0, 0.1) is 0 Å². The highest BCUT2D eigenvalue weighted by molar-refractivity contribution is 8.76. The molecule has 0 spiro atoms.